The molecule has 3 fully saturated rings. The predicted molar refractivity (Wildman–Crippen MR) is 115 cm³/mol. The fraction of sp³-hybridized carbons (Fsp3) is 0.708. The zero-order valence-corrected chi connectivity index (χ0v) is 18.2. The zero-order valence-electron chi connectivity index (χ0n) is 18.2. The summed E-state index contributed by atoms with van der Waals surface area (Å²) in [7, 11) is 1.65. The second-order valence-corrected chi connectivity index (χ2v) is 9.88. The largest absolute Gasteiger partial charge is 0.497 e. The summed E-state index contributed by atoms with van der Waals surface area (Å²) in [6, 6.07) is 6.57. The Morgan fingerprint density at radius 2 is 1.90 bits per heavy atom. The lowest BCUT2D eigenvalue weighted by atomic mass is 9.74. The van der Waals surface area contributed by atoms with Crippen LogP contribution in [0.25, 0.3) is 0 Å². The molecule has 160 valence electrons. The van der Waals surface area contributed by atoms with Crippen LogP contribution in [0.5, 0.6) is 11.5 Å². The van der Waals surface area contributed by atoms with Crippen LogP contribution in [0, 0.1) is 5.41 Å². The van der Waals surface area contributed by atoms with Crippen molar-refractivity contribution in [1.29, 1.82) is 0 Å². The summed E-state index contributed by atoms with van der Waals surface area (Å²) in [6.07, 6.45) is 9.67. The molecule has 0 aromatic heterocycles. The molecule has 29 heavy (non-hydrogen) atoms. The van der Waals surface area contributed by atoms with Gasteiger partial charge in [0.1, 0.15) is 17.6 Å². The molecule has 5 nitrogen and oxygen atoms in total. The van der Waals surface area contributed by atoms with Gasteiger partial charge < -0.3 is 19.7 Å². The Bertz CT molecular complexity index is 721. The summed E-state index contributed by atoms with van der Waals surface area (Å²) in [5.74, 6) is 1.34. The molecule has 0 unspecified atom stereocenters. The number of nitrogens with zero attached hydrogens (tertiary/aromatic N) is 1. The number of nitrogens with one attached hydrogen (secondary N) is 1. The fourth-order valence-electron chi connectivity index (χ4n) is 4.91. The number of hydrogen-bond acceptors (Lipinski definition) is 4. The molecule has 1 N–H and O–H groups in total. The van der Waals surface area contributed by atoms with E-state index in [0.717, 1.165) is 50.6 Å². The molecule has 2 saturated carbocycles. The maximum Gasteiger partial charge on any atom is 0.255 e. The van der Waals surface area contributed by atoms with E-state index in [-0.39, 0.29) is 12.0 Å². The molecule has 1 aliphatic heterocycles. The van der Waals surface area contributed by atoms with Gasteiger partial charge in [0.05, 0.1) is 12.7 Å². The Labute approximate surface area is 175 Å². The molecule has 0 radical (unpaired) electrons. The molecule has 4 rings (SSSR count). The Morgan fingerprint density at radius 3 is 2.55 bits per heavy atom. The van der Waals surface area contributed by atoms with Crippen LogP contribution in [0.15, 0.2) is 18.2 Å². The molecule has 1 aromatic rings. The van der Waals surface area contributed by atoms with Crippen molar-refractivity contribution in [2.45, 2.75) is 83.4 Å². The quantitative estimate of drug-likeness (QED) is 0.769. The van der Waals surface area contributed by atoms with Crippen molar-refractivity contribution in [3.8, 4) is 11.5 Å². The average molecular weight is 401 g/mol. The minimum Gasteiger partial charge on any atom is -0.497 e. The number of methoxy groups -OCH3 is 1. The molecule has 1 saturated heterocycles. The van der Waals surface area contributed by atoms with Crippen LogP contribution in [0.1, 0.15) is 75.6 Å². The number of rotatable bonds is 6. The SMILES string of the molecule is COc1ccc(C(=O)NC2CC2)c(OC2CCN([C@@H]3CCCC(C)(C)C3)CC2)c1. The number of ether oxygens (including phenoxy) is 2. The normalized spacial score (nSPS) is 25.4. The summed E-state index contributed by atoms with van der Waals surface area (Å²) in [4.78, 5) is 15.3. The molecule has 5 heteroatoms. The van der Waals surface area contributed by atoms with E-state index in [4.69, 9.17) is 9.47 Å². The number of carbonyl (C=O) groups is 1. The highest BCUT2D eigenvalue weighted by Gasteiger charge is 2.34. The summed E-state index contributed by atoms with van der Waals surface area (Å²) >= 11 is 0. The number of hydrogen-bond donors (Lipinski definition) is 1. The van der Waals surface area contributed by atoms with Crippen LogP contribution < -0.4 is 14.8 Å². The molecule has 1 atom stereocenters. The third kappa shape index (κ3) is 5.25. The standard InChI is InChI=1S/C24H36N2O3/c1-24(2)12-4-5-18(16-24)26-13-10-19(11-14-26)29-22-15-20(28-3)8-9-21(22)23(27)25-17-6-7-17/h8-9,15,17-19H,4-7,10-14,16H2,1-3H3,(H,25,27)/t18-/m1/s1. The Kier molecular flexibility index (Phi) is 6.05. The lowest BCUT2D eigenvalue weighted by Gasteiger charge is -2.44. The summed E-state index contributed by atoms with van der Waals surface area (Å²) in [5.41, 5.74) is 1.09. The first-order valence-corrected chi connectivity index (χ1v) is 11.3. The van der Waals surface area contributed by atoms with E-state index in [9.17, 15) is 4.79 Å². The van der Waals surface area contributed by atoms with Gasteiger partial charge in [-0.2, -0.15) is 0 Å². The third-order valence-corrected chi connectivity index (χ3v) is 6.81. The van der Waals surface area contributed by atoms with E-state index in [1.54, 1.807) is 7.11 Å². The number of piperidine rings is 1. The van der Waals surface area contributed by atoms with Gasteiger partial charge in [-0.05, 0) is 62.5 Å². The lowest BCUT2D eigenvalue weighted by molar-refractivity contribution is 0.0395. The van der Waals surface area contributed by atoms with Gasteiger partial charge in [-0.3, -0.25) is 4.79 Å². The van der Waals surface area contributed by atoms with Gasteiger partial charge in [0.15, 0.2) is 0 Å². The highest BCUT2D eigenvalue weighted by atomic mass is 16.5. The van der Waals surface area contributed by atoms with E-state index >= 15 is 0 Å². The first kappa shape index (κ1) is 20.5. The number of amides is 1. The first-order valence-electron chi connectivity index (χ1n) is 11.3. The minimum atomic E-state index is -0.0352. The van der Waals surface area contributed by atoms with Gasteiger partial charge in [0.25, 0.3) is 5.91 Å². The molecule has 1 aromatic carbocycles. The Morgan fingerprint density at radius 1 is 1.14 bits per heavy atom. The van der Waals surface area contributed by atoms with E-state index in [1.807, 2.05) is 18.2 Å². The van der Waals surface area contributed by atoms with Crippen molar-refractivity contribution in [3.05, 3.63) is 23.8 Å². The fourth-order valence-corrected chi connectivity index (χ4v) is 4.91. The van der Waals surface area contributed by atoms with Gasteiger partial charge in [0, 0.05) is 31.2 Å². The molecule has 2 aliphatic carbocycles. The molecule has 1 amide bonds. The van der Waals surface area contributed by atoms with E-state index in [2.05, 4.69) is 24.1 Å². The highest BCUT2D eigenvalue weighted by Crippen LogP contribution is 2.38. The molecule has 0 bridgehead atoms. The lowest BCUT2D eigenvalue weighted by Crippen LogP contribution is -2.47. The zero-order chi connectivity index (χ0) is 20.4. The number of likely N-dealkylation sites (tertiary alicyclic amines) is 1. The molecule has 0 spiro atoms. The Hall–Kier alpha value is -1.75. The minimum absolute atomic E-state index is 0.0352. The maximum atomic E-state index is 12.6. The molecule has 1 heterocycles. The second-order valence-electron chi connectivity index (χ2n) is 9.88. The van der Waals surface area contributed by atoms with Gasteiger partial charge in [-0.15, -0.1) is 0 Å². The van der Waals surface area contributed by atoms with Crippen LogP contribution in [0.3, 0.4) is 0 Å². The van der Waals surface area contributed by atoms with Crippen LogP contribution in [0.4, 0.5) is 0 Å². The van der Waals surface area contributed by atoms with Crippen LogP contribution in [-0.4, -0.2) is 49.2 Å². The molecular formula is C24H36N2O3. The summed E-state index contributed by atoms with van der Waals surface area (Å²) in [6.45, 7) is 6.98. The number of carbonyl (C=O) groups excluding carboxylic acids is 1. The van der Waals surface area contributed by atoms with Crippen LogP contribution >= 0.6 is 0 Å². The average Bonchev–Trinajstić information content (AvgIpc) is 3.51. The predicted octanol–water partition coefficient (Wildman–Crippen LogP) is 4.40. The van der Waals surface area contributed by atoms with Gasteiger partial charge in [-0.1, -0.05) is 20.3 Å². The summed E-state index contributed by atoms with van der Waals surface area (Å²) in [5, 5.41) is 3.08. The monoisotopic (exact) mass is 400 g/mol. The van der Waals surface area contributed by atoms with E-state index < -0.39 is 0 Å². The smallest absolute Gasteiger partial charge is 0.255 e. The molecular weight excluding hydrogens is 364 g/mol. The van der Waals surface area contributed by atoms with E-state index in [1.165, 1.54) is 25.7 Å². The van der Waals surface area contributed by atoms with Crippen molar-refractivity contribution in [2.24, 2.45) is 5.41 Å². The van der Waals surface area contributed by atoms with Crippen molar-refractivity contribution in [3.63, 3.8) is 0 Å². The first-order chi connectivity index (χ1) is 13.9. The Balaban J connectivity index is 1.37. The van der Waals surface area contributed by atoms with Crippen molar-refractivity contribution < 1.29 is 14.3 Å². The molecule has 3 aliphatic rings. The van der Waals surface area contributed by atoms with Crippen LogP contribution in [0.2, 0.25) is 0 Å². The van der Waals surface area contributed by atoms with Crippen molar-refractivity contribution in [1.82, 2.24) is 10.2 Å². The maximum absolute atomic E-state index is 12.6. The summed E-state index contributed by atoms with van der Waals surface area (Å²) < 4.78 is 11.7. The highest BCUT2D eigenvalue weighted by molar-refractivity contribution is 5.97. The second kappa shape index (κ2) is 8.55. The third-order valence-electron chi connectivity index (χ3n) is 6.81. The van der Waals surface area contributed by atoms with Gasteiger partial charge in [0.2, 0.25) is 0 Å². The van der Waals surface area contributed by atoms with Gasteiger partial charge in [-0.25, -0.2) is 0 Å². The number of benzene rings is 1. The van der Waals surface area contributed by atoms with Crippen molar-refractivity contribution in [2.75, 3.05) is 20.2 Å². The topological polar surface area (TPSA) is 50.8 Å². The van der Waals surface area contributed by atoms with Crippen LogP contribution in [-0.2, 0) is 0 Å². The van der Waals surface area contributed by atoms with Gasteiger partial charge >= 0.3 is 0 Å². The van der Waals surface area contributed by atoms with Crippen molar-refractivity contribution >= 4 is 5.91 Å². The van der Waals surface area contributed by atoms with E-state index in [0.29, 0.717) is 22.8 Å².